The number of para-hydroxylation sites is 3. The number of allylic oxidation sites excluding steroid dienone is 1. The van der Waals surface area contributed by atoms with Crippen molar-refractivity contribution in [3.8, 4) is 5.75 Å². The van der Waals surface area contributed by atoms with Crippen LogP contribution in [0.2, 0.25) is 0 Å². The SMILES string of the molecule is COC(=O)C1=C(C)N(c2ccccc2OC)C(=S)N[C@@H]1c1ccccc1[N+](=O)[O-]. The molecule has 1 heterocycles. The first kappa shape index (κ1) is 20.3. The van der Waals surface area contributed by atoms with Gasteiger partial charge < -0.3 is 14.8 Å². The van der Waals surface area contributed by atoms with Crippen LogP contribution in [0.25, 0.3) is 0 Å². The summed E-state index contributed by atoms with van der Waals surface area (Å²) in [7, 11) is 2.80. The third kappa shape index (κ3) is 3.64. The number of hydrogen-bond acceptors (Lipinski definition) is 6. The van der Waals surface area contributed by atoms with Gasteiger partial charge in [0.05, 0.1) is 42.0 Å². The van der Waals surface area contributed by atoms with E-state index in [9.17, 15) is 14.9 Å². The molecule has 3 rings (SSSR count). The van der Waals surface area contributed by atoms with Gasteiger partial charge in [-0.15, -0.1) is 0 Å². The lowest BCUT2D eigenvalue weighted by Crippen LogP contribution is -2.48. The summed E-state index contributed by atoms with van der Waals surface area (Å²) < 4.78 is 10.4. The molecule has 0 saturated heterocycles. The van der Waals surface area contributed by atoms with Crippen molar-refractivity contribution in [3.63, 3.8) is 0 Å². The van der Waals surface area contributed by atoms with Gasteiger partial charge in [-0.05, 0) is 37.3 Å². The molecule has 1 aliphatic rings. The number of methoxy groups -OCH3 is 2. The van der Waals surface area contributed by atoms with Crippen molar-refractivity contribution < 1.29 is 19.2 Å². The summed E-state index contributed by atoms with van der Waals surface area (Å²) in [5, 5.41) is 14.9. The number of hydrogen-bond donors (Lipinski definition) is 1. The molecular weight excluding hydrogens is 394 g/mol. The fourth-order valence-electron chi connectivity index (χ4n) is 3.35. The number of nitro benzene ring substituents is 1. The Morgan fingerprint density at radius 1 is 1.17 bits per heavy atom. The second-order valence-electron chi connectivity index (χ2n) is 6.20. The van der Waals surface area contributed by atoms with Gasteiger partial charge in [0, 0.05) is 11.8 Å². The van der Waals surface area contributed by atoms with E-state index >= 15 is 0 Å². The molecule has 0 fully saturated rings. The van der Waals surface area contributed by atoms with Crippen molar-refractivity contribution >= 4 is 34.7 Å². The molecule has 0 aliphatic carbocycles. The Kier molecular flexibility index (Phi) is 5.79. The zero-order chi connectivity index (χ0) is 21.1. The molecule has 1 atom stereocenters. The minimum Gasteiger partial charge on any atom is -0.495 e. The third-order valence-electron chi connectivity index (χ3n) is 4.66. The standard InChI is InChI=1S/C20H19N3O5S/c1-12-17(19(24)28-3)18(13-8-4-5-9-14(13)23(25)26)21-20(29)22(12)15-10-6-7-11-16(15)27-2/h4-11,18H,1-3H3,(H,21,29)/t18-/m1/s1. The van der Waals surface area contributed by atoms with E-state index < -0.39 is 16.9 Å². The van der Waals surface area contributed by atoms with Gasteiger partial charge in [0.1, 0.15) is 5.75 Å². The van der Waals surface area contributed by atoms with Crippen LogP contribution in [0.3, 0.4) is 0 Å². The Balaban J connectivity index is 2.23. The summed E-state index contributed by atoms with van der Waals surface area (Å²) in [5.74, 6) is -0.0510. The fraction of sp³-hybridized carbons (Fsp3) is 0.200. The highest BCUT2D eigenvalue weighted by Crippen LogP contribution is 2.39. The Labute approximate surface area is 172 Å². The quantitative estimate of drug-likeness (QED) is 0.345. The van der Waals surface area contributed by atoms with Crippen LogP contribution in [0.1, 0.15) is 18.5 Å². The first-order valence-corrected chi connectivity index (χ1v) is 9.07. The molecule has 0 aromatic heterocycles. The highest BCUT2D eigenvalue weighted by atomic mass is 32.1. The molecule has 8 nitrogen and oxygen atoms in total. The number of ether oxygens (including phenoxy) is 2. The zero-order valence-electron chi connectivity index (χ0n) is 16.0. The lowest BCUT2D eigenvalue weighted by atomic mass is 9.93. The normalized spacial score (nSPS) is 16.3. The number of thiocarbonyl (C=S) groups is 1. The molecule has 9 heteroatoms. The van der Waals surface area contributed by atoms with Crippen LogP contribution in [-0.4, -0.2) is 30.2 Å². The van der Waals surface area contributed by atoms with E-state index in [4.69, 9.17) is 21.7 Å². The second-order valence-corrected chi connectivity index (χ2v) is 6.58. The maximum atomic E-state index is 12.7. The number of rotatable bonds is 5. The number of benzene rings is 2. The first-order valence-electron chi connectivity index (χ1n) is 8.66. The van der Waals surface area contributed by atoms with Gasteiger partial charge >= 0.3 is 5.97 Å². The average Bonchev–Trinajstić information content (AvgIpc) is 2.73. The highest BCUT2D eigenvalue weighted by molar-refractivity contribution is 7.80. The monoisotopic (exact) mass is 413 g/mol. The summed E-state index contributed by atoms with van der Waals surface area (Å²) in [4.78, 5) is 25.4. The number of nitrogens with one attached hydrogen (secondary N) is 1. The smallest absolute Gasteiger partial charge is 0.337 e. The number of anilines is 1. The first-order chi connectivity index (χ1) is 13.9. The van der Waals surface area contributed by atoms with Crippen molar-refractivity contribution in [1.82, 2.24) is 5.32 Å². The van der Waals surface area contributed by atoms with Crippen molar-refractivity contribution in [3.05, 3.63) is 75.5 Å². The predicted octanol–water partition coefficient (Wildman–Crippen LogP) is 3.49. The molecule has 1 N–H and O–H groups in total. The molecule has 150 valence electrons. The molecule has 0 saturated carbocycles. The average molecular weight is 413 g/mol. The van der Waals surface area contributed by atoms with E-state index in [1.165, 1.54) is 20.3 Å². The topological polar surface area (TPSA) is 93.9 Å². The molecule has 2 aromatic rings. The Hall–Kier alpha value is -3.46. The van der Waals surface area contributed by atoms with Gasteiger partial charge in [-0.3, -0.25) is 15.0 Å². The van der Waals surface area contributed by atoms with Crippen LogP contribution < -0.4 is 15.0 Å². The lowest BCUT2D eigenvalue weighted by Gasteiger charge is -2.37. The predicted molar refractivity (Wildman–Crippen MR) is 112 cm³/mol. The Morgan fingerprint density at radius 3 is 2.48 bits per heavy atom. The van der Waals surface area contributed by atoms with Gasteiger partial charge in [0.2, 0.25) is 0 Å². The number of nitrogens with zero attached hydrogens (tertiary/aromatic N) is 2. The Bertz CT molecular complexity index is 1020. The molecule has 0 spiro atoms. The molecule has 0 bridgehead atoms. The summed E-state index contributed by atoms with van der Waals surface area (Å²) >= 11 is 5.56. The fourth-order valence-corrected chi connectivity index (χ4v) is 3.71. The molecule has 2 aromatic carbocycles. The van der Waals surface area contributed by atoms with Crippen molar-refractivity contribution in [2.24, 2.45) is 0 Å². The van der Waals surface area contributed by atoms with E-state index in [-0.39, 0.29) is 16.4 Å². The van der Waals surface area contributed by atoms with E-state index in [2.05, 4.69) is 5.32 Å². The summed E-state index contributed by atoms with van der Waals surface area (Å²) in [6.45, 7) is 1.72. The molecule has 1 aliphatic heterocycles. The van der Waals surface area contributed by atoms with E-state index in [1.807, 2.05) is 12.1 Å². The van der Waals surface area contributed by atoms with Crippen molar-refractivity contribution in [1.29, 1.82) is 0 Å². The van der Waals surface area contributed by atoms with E-state index in [0.29, 0.717) is 22.7 Å². The van der Waals surface area contributed by atoms with Crippen LogP contribution in [0.4, 0.5) is 11.4 Å². The molecule has 29 heavy (non-hydrogen) atoms. The summed E-state index contributed by atoms with van der Waals surface area (Å²) in [6.07, 6.45) is 0. The number of carbonyl (C=O) groups excluding carboxylic acids is 1. The highest BCUT2D eigenvalue weighted by Gasteiger charge is 2.38. The van der Waals surface area contributed by atoms with Gasteiger partial charge in [-0.1, -0.05) is 24.3 Å². The van der Waals surface area contributed by atoms with Crippen molar-refractivity contribution in [2.75, 3.05) is 19.1 Å². The Morgan fingerprint density at radius 2 is 1.83 bits per heavy atom. The summed E-state index contributed by atoms with van der Waals surface area (Å²) in [5.41, 5.74) is 1.55. The second kappa shape index (κ2) is 8.27. The van der Waals surface area contributed by atoms with Gasteiger partial charge in [0.25, 0.3) is 5.69 Å². The molecule has 0 amide bonds. The minimum atomic E-state index is -0.831. The number of carbonyl (C=O) groups is 1. The zero-order valence-corrected chi connectivity index (χ0v) is 16.9. The van der Waals surface area contributed by atoms with Gasteiger partial charge in [0.15, 0.2) is 5.11 Å². The van der Waals surface area contributed by atoms with Crippen LogP contribution in [-0.2, 0) is 9.53 Å². The third-order valence-corrected chi connectivity index (χ3v) is 4.96. The maximum absolute atomic E-state index is 12.7. The van der Waals surface area contributed by atoms with E-state index in [0.717, 1.165) is 0 Å². The lowest BCUT2D eigenvalue weighted by molar-refractivity contribution is -0.385. The van der Waals surface area contributed by atoms with Gasteiger partial charge in [-0.2, -0.15) is 0 Å². The van der Waals surface area contributed by atoms with Crippen LogP contribution >= 0.6 is 12.2 Å². The maximum Gasteiger partial charge on any atom is 0.337 e. The van der Waals surface area contributed by atoms with Crippen LogP contribution in [0, 0.1) is 10.1 Å². The largest absolute Gasteiger partial charge is 0.495 e. The molecule has 0 radical (unpaired) electrons. The minimum absolute atomic E-state index is 0.118. The van der Waals surface area contributed by atoms with Crippen molar-refractivity contribution in [2.45, 2.75) is 13.0 Å². The van der Waals surface area contributed by atoms with E-state index in [1.54, 1.807) is 42.2 Å². The molecular formula is C20H19N3O5S. The number of nitro groups is 1. The van der Waals surface area contributed by atoms with Gasteiger partial charge in [-0.25, -0.2) is 4.79 Å². The number of esters is 1. The van der Waals surface area contributed by atoms with Crippen LogP contribution in [0.5, 0.6) is 5.75 Å². The van der Waals surface area contributed by atoms with Crippen LogP contribution in [0.15, 0.2) is 59.8 Å². The summed E-state index contributed by atoms with van der Waals surface area (Å²) in [6, 6.07) is 12.6. The molecule has 0 unspecified atom stereocenters.